The minimum Gasteiger partial charge on any atom is -0.453 e. The number of halogens is 1. The van der Waals surface area contributed by atoms with Crippen LogP contribution >= 0.6 is 11.6 Å². The highest BCUT2D eigenvalue weighted by Gasteiger charge is 2.42. The highest BCUT2D eigenvalue weighted by molar-refractivity contribution is 6.32. The number of fused-ring (bicyclic) bond motifs is 1. The Morgan fingerprint density at radius 3 is 2.44 bits per heavy atom. The average Bonchev–Trinajstić information content (AvgIpc) is 4.11. The average molecular weight is 858 g/mol. The van der Waals surface area contributed by atoms with Crippen LogP contribution in [0.4, 0.5) is 9.59 Å². The van der Waals surface area contributed by atoms with Crippen LogP contribution in [0.3, 0.4) is 0 Å². The van der Waals surface area contributed by atoms with Crippen molar-refractivity contribution in [2.45, 2.75) is 82.5 Å². The maximum absolute atomic E-state index is 13.9. The zero-order valence-electron chi connectivity index (χ0n) is 34.9. The smallest absolute Gasteiger partial charge is 0.407 e. The second kappa shape index (κ2) is 16.8. The molecule has 320 valence electrons. The van der Waals surface area contributed by atoms with Crippen LogP contribution in [0, 0.1) is 5.92 Å². The number of carbonyl (C=O) groups excluding carboxylic acids is 4. The number of aromatic nitrogens is 6. The number of H-pyrrole nitrogens is 2. The number of pyridine rings is 1. The molecule has 2 aromatic carbocycles. The summed E-state index contributed by atoms with van der Waals surface area (Å²) in [5.74, 6) is 0.505. The lowest BCUT2D eigenvalue weighted by atomic mass is 9.79. The summed E-state index contributed by atoms with van der Waals surface area (Å²) in [5.41, 5.74) is 8.20. The monoisotopic (exact) mass is 857 g/mol. The highest BCUT2D eigenvalue weighted by atomic mass is 35.5. The second-order valence-electron chi connectivity index (χ2n) is 16.7. The van der Waals surface area contributed by atoms with Crippen molar-refractivity contribution in [3.05, 3.63) is 101 Å². The summed E-state index contributed by atoms with van der Waals surface area (Å²) in [7, 11) is 2.61. The predicted octanol–water partition coefficient (Wildman–Crippen LogP) is 7.69. The van der Waals surface area contributed by atoms with Crippen LogP contribution in [-0.2, 0) is 32.0 Å². The molecule has 1 saturated heterocycles. The molecule has 4 aromatic heterocycles. The number of nitrogens with zero attached hydrogens (tertiary/aromatic N) is 5. The van der Waals surface area contributed by atoms with Gasteiger partial charge in [-0.1, -0.05) is 61.8 Å². The van der Waals surface area contributed by atoms with E-state index in [-0.39, 0.29) is 35.6 Å². The van der Waals surface area contributed by atoms with E-state index < -0.39 is 24.1 Å². The standard InChI is InChI=1S/C46H48ClN9O6/c1-24(2)38(53-46(60)62-4)44(58)56-16-5-6-35(56)43-52-39(41(47)54-43)26-9-7-25(8-10-26)28-11-12-29-18-30(21-48-33(29)19-28)34-22-49-42(50-34)31-20-36(57)37-32(51-45(59)61-3)14-13-27-15-17-55(23-31)40(27)37/h7-12,15,17-19,21-22,24,31-32,35,37-38H,5-6,13-14,16,20,23H2,1-4H3,(H,49,50)(H,51,59)(H,52,54)(H,53,60)/t31-,32-,35-,37?,38-/m0/s1. The Bertz CT molecular complexity index is 2690. The molecule has 9 rings (SSSR count). The van der Waals surface area contributed by atoms with E-state index in [9.17, 15) is 19.2 Å². The van der Waals surface area contributed by atoms with Gasteiger partial charge in [-0.25, -0.2) is 19.6 Å². The van der Waals surface area contributed by atoms with Gasteiger partial charge in [-0.05, 0) is 66.5 Å². The molecule has 0 spiro atoms. The van der Waals surface area contributed by atoms with Crippen molar-refractivity contribution in [1.82, 2.24) is 45.0 Å². The van der Waals surface area contributed by atoms with Crippen LogP contribution in [0.5, 0.6) is 0 Å². The molecule has 1 fully saturated rings. The molecule has 2 aliphatic heterocycles. The fourth-order valence-electron chi connectivity index (χ4n) is 9.42. The largest absolute Gasteiger partial charge is 0.453 e. The summed E-state index contributed by atoms with van der Waals surface area (Å²) in [6.07, 6.45) is 7.78. The third kappa shape index (κ3) is 7.69. The van der Waals surface area contributed by atoms with E-state index in [1.165, 1.54) is 14.2 Å². The first-order chi connectivity index (χ1) is 30.0. The van der Waals surface area contributed by atoms with Crippen LogP contribution in [0.25, 0.3) is 44.5 Å². The molecule has 0 bridgehead atoms. The van der Waals surface area contributed by atoms with E-state index in [1.807, 2.05) is 50.5 Å². The Balaban J connectivity index is 0.890. The van der Waals surface area contributed by atoms with Crippen molar-refractivity contribution in [3.8, 4) is 33.6 Å². The van der Waals surface area contributed by atoms with Gasteiger partial charge in [0.05, 0.1) is 49.3 Å². The fraction of sp³-hybridized carbons (Fsp3) is 0.370. The van der Waals surface area contributed by atoms with E-state index in [2.05, 4.69) is 60.5 Å². The molecular formula is C46H48ClN9O6. The minimum atomic E-state index is -0.728. The molecule has 1 unspecified atom stereocenters. The summed E-state index contributed by atoms with van der Waals surface area (Å²) in [4.78, 5) is 74.5. The highest BCUT2D eigenvalue weighted by Crippen LogP contribution is 2.41. The number of ether oxygens (including phenoxy) is 2. The summed E-state index contributed by atoms with van der Waals surface area (Å²) in [6, 6.07) is 17.0. The van der Waals surface area contributed by atoms with Crippen molar-refractivity contribution < 1.29 is 28.7 Å². The normalized spacial score (nSPS) is 20.2. The number of imidazole rings is 2. The van der Waals surface area contributed by atoms with Gasteiger partial charge in [-0.3, -0.25) is 14.6 Å². The molecule has 6 aromatic rings. The molecule has 3 amide bonds. The number of ketones is 1. The third-order valence-electron chi connectivity index (χ3n) is 12.6. The van der Waals surface area contributed by atoms with Gasteiger partial charge in [0.1, 0.15) is 23.5 Å². The van der Waals surface area contributed by atoms with Gasteiger partial charge in [0, 0.05) is 66.1 Å². The quantitative estimate of drug-likeness (QED) is 0.113. The van der Waals surface area contributed by atoms with Crippen LogP contribution in [-0.4, -0.2) is 91.1 Å². The molecule has 0 saturated carbocycles. The third-order valence-corrected chi connectivity index (χ3v) is 12.9. The number of Topliss-reactive ketones (excluding diaryl/α,β-unsaturated/α-hetero) is 1. The van der Waals surface area contributed by atoms with Gasteiger partial charge < -0.3 is 39.5 Å². The first kappa shape index (κ1) is 40.9. The molecule has 0 radical (unpaired) electrons. The van der Waals surface area contributed by atoms with Crippen molar-refractivity contribution in [2.75, 3.05) is 20.8 Å². The number of likely N-dealkylation sites (tertiary alicyclic amines) is 1. The zero-order chi connectivity index (χ0) is 43.2. The van der Waals surface area contributed by atoms with Gasteiger partial charge in [0.15, 0.2) is 5.15 Å². The number of hydrogen-bond acceptors (Lipinski definition) is 9. The number of aromatic amines is 2. The molecular weight excluding hydrogens is 810 g/mol. The Kier molecular flexibility index (Phi) is 11.1. The number of methoxy groups -OCH3 is 2. The number of hydrogen-bond donors (Lipinski definition) is 4. The van der Waals surface area contributed by atoms with E-state index >= 15 is 0 Å². The van der Waals surface area contributed by atoms with E-state index in [0.29, 0.717) is 42.6 Å². The number of amides is 3. The predicted molar refractivity (Wildman–Crippen MR) is 232 cm³/mol. The van der Waals surface area contributed by atoms with Crippen molar-refractivity contribution >= 4 is 46.4 Å². The molecule has 6 heterocycles. The Hall–Kier alpha value is -6.48. The molecule has 5 atom stereocenters. The van der Waals surface area contributed by atoms with Crippen LogP contribution in [0.1, 0.15) is 80.3 Å². The van der Waals surface area contributed by atoms with Crippen molar-refractivity contribution in [3.63, 3.8) is 0 Å². The molecule has 3 aliphatic rings. The number of alkyl carbamates (subject to hydrolysis) is 2. The van der Waals surface area contributed by atoms with Crippen molar-refractivity contribution in [1.29, 1.82) is 0 Å². The van der Waals surface area contributed by atoms with E-state index in [1.54, 1.807) is 11.1 Å². The molecule has 16 heteroatoms. The van der Waals surface area contributed by atoms with Crippen LogP contribution < -0.4 is 10.6 Å². The Labute approximate surface area is 363 Å². The summed E-state index contributed by atoms with van der Waals surface area (Å²) >= 11 is 6.71. The first-order valence-electron chi connectivity index (χ1n) is 21.0. The molecule has 4 N–H and O–H groups in total. The lowest BCUT2D eigenvalue weighted by Crippen LogP contribution is -2.51. The van der Waals surface area contributed by atoms with Crippen LogP contribution in [0.2, 0.25) is 5.15 Å². The number of nitrogens with one attached hydrogen (secondary N) is 4. The van der Waals surface area contributed by atoms with Gasteiger partial charge in [0.2, 0.25) is 5.91 Å². The van der Waals surface area contributed by atoms with Gasteiger partial charge in [-0.2, -0.15) is 0 Å². The number of aryl methyl sites for hydroxylation is 1. The molecule has 1 aliphatic carbocycles. The van der Waals surface area contributed by atoms with Gasteiger partial charge >= 0.3 is 12.2 Å². The number of carbonyl (C=O) groups is 4. The molecule has 15 nitrogen and oxygen atoms in total. The maximum atomic E-state index is 13.9. The Morgan fingerprint density at radius 2 is 1.66 bits per heavy atom. The molecule has 62 heavy (non-hydrogen) atoms. The lowest BCUT2D eigenvalue weighted by molar-refractivity contribution is -0.135. The summed E-state index contributed by atoms with van der Waals surface area (Å²) < 4.78 is 11.8. The topological polar surface area (TPSA) is 189 Å². The van der Waals surface area contributed by atoms with E-state index in [4.69, 9.17) is 31.0 Å². The summed E-state index contributed by atoms with van der Waals surface area (Å²) in [5, 5.41) is 6.88. The van der Waals surface area contributed by atoms with Gasteiger partial charge in [-0.15, -0.1) is 0 Å². The van der Waals surface area contributed by atoms with E-state index in [0.717, 1.165) is 75.2 Å². The summed E-state index contributed by atoms with van der Waals surface area (Å²) in [6.45, 7) is 4.92. The number of rotatable bonds is 9. The first-order valence-corrected chi connectivity index (χ1v) is 21.4. The van der Waals surface area contributed by atoms with Crippen LogP contribution in [0.15, 0.2) is 73.2 Å². The zero-order valence-corrected chi connectivity index (χ0v) is 35.7. The fourth-order valence-corrected chi connectivity index (χ4v) is 9.67. The minimum absolute atomic E-state index is 0.0821. The SMILES string of the molecule is COC(=O)N[C@H]1CCc2ccn3c2C1C(=O)C[C@H](c1ncc(-c2cnc4cc(-c5ccc(-c6[nH]c([C@@H]7CCCN7C(=O)[C@@H](NC(=O)OC)C(C)C)nc6Cl)cc5)ccc4c2)[nH]1)C3. The Morgan fingerprint density at radius 1 is 0.887 bits per heavy atom. The lowest BCUT2D eigenvalue weighted by Gasteiger charge is -2.31. The second-order valence-corrected chi connectivity index (χ2v) is 17.1. The van der Waals surface area contributed by atoms with Crippen molar-refractivity contribution in [2.24, 2.45) is 5.92 Å². The maximum Gasteiger partial charge on any atom is 0.407 e. The van der Waals surface area contributed by atoms with Gasteiger partial charge in [0.25, 0.3) is 0 Å². The number of benzene rings is 2.